The van der Waals surface area contributed by atoms with Crippen molar-refractivity contribution in [3.8, 4) is 0 Å². The van der Waals surface area contributed by atoms with Crippen molar-refractivity contribution in [3.63, 3.8) is 0 Å². The third-order valence-electron chi connectivity index (χ3n) is 2.38. The second kappa shape index (κ2) is 3.00. The van der Waals surface area contributed by atoms with Crippen LogP contribution in [0.5, 0.6) is 0 Å². The molecule has 0 saturated heterocycles. The molecule has 0 bridgehead atoms. The Balaban J connectivity index is 2.27. The Morgan fingerprint density at radius 2 is 2.46 bits per heavy atom. The van der Waals surface area contributed by atoms with Gasteiger partial charge in [0.15, 0.2) is 0 Å². The molecule has 2 rings (SSSR count). The third kappa shape index (κ3) is 1.52. The fraction of sp³-hybridized carbons (Fsp3) is 0.500. The smallest absolute Gasteiger partial charge is 0.116 e. The van der Waals surface area contributed by atoms with Crippen molar-refractivity contribution in [2.75, 3.05) is 0 Å². The Morgan fingerprint density at radius 1 is 1.77 bits per heavy atom. The second-order valence-electron chi connectivity index (χ2n) is 3.71. The van der Waals surface area contributed by atoms with Crippen LogP contribution in [-0.4, -0.2) is 14.7 Å². The minimum Gasteiger partial charge on any atom is -0.382 e. The van der Waals surface area contributed by atoms with Crippen LogP contribution in [0.25, 0.3) is 0 Å². The van der Waals surface area contributed by atoms with Crippen LogP contribution in [-0.2, 0) is 0 Å². The predicted molar refractivity (Wildman–Crippen MR) is 50.3 cm³/mol. The highest BCUT2D eigenvalue weighted by molar-refractivity contribution is 5.16. The molecule has 0 aromatic carbocycles. The van der Waals surface area contributed by atoms with Gasteiger partial charge in [0, 0.05) is 6.04 Å². The number of hydrogen-bond acceptors (Lipinski definition) is 2. The highest BCUT2D eigenvalue weighted by Crippen LogP contribution is 2.37. The van der Waals surface area contributed by atoms with E-state index < -0.39 is 6.10 Å². The number of hydrogen-bond donors (Lipinski definition) is 1. The van der Waals surface area contributed by atoms with Gasteiger partial charge in [-0.1, -0.05) is 6.58 Å². The largest absolute Gasteiger partial charge is 0.382 e. The van der Waals surface area contributed by atoms with Crippen molar-refractivity contribution >= 4 is 0 Å². The molecule has 1 N–H and O–H groups in total. The normalized spacial score (nSPS) is 18.6. The molecule has 1 aliphatic carbocycles. The quantitative estimate of drug-likeness (QED) is 0.717. The summed E-state index contributed by atoms with van der Waals surface area (Å²) in [4.78, 5) is 4.05. The molecule has 0 spiro atoms. The summed E-state index contributed by atoms with van der Waals surface area (Å²) in [6.45, 7) is 5.57. The Hall–Kier alpha value is -1.09. The zero-order chi connectivity index (χ0) is 9.42. The fourth-order valence-electron chi connectivity index (χ4n) is 1.44. The number of aliphatic hydroxyl groups excluding tert-OH is 1. The van der Waals surface area contributed by atoms with E-state index in [1.165, 1.54) is 12.8 Å². The van der Waals surface area contributed by atoms with Crippen molar-refractivity contribution in [1.82, 2.24) is 9.55 Å². The zero-order valence-electron chi connectivity index (χ0n) is 7.77. The first-order chi connectivity index (χ1) is 6.20. The molecule has 70 valence electrons. The van der Waals surface area contributed by atoms with Crippen molar-refractivity contribution < 1.29 is 5.11 Å². The zero-order valence-corrected chi connectivity index (χ0v) is 7.77. The molecule has 1 aromatic rings. The predicted octanol–water partition coefficient (Wildman–Crippen LogP) is 1.83. The van der Waals surface area contributed by atoms with Gasteiger partial charge >= 0.3 is 0 Å². The molecular weight excluding hydrogens is 164 g/mol. The van der Waals surface area contributed by atoms with Crippen LogP contribution >= 0.6 is 0 Å². The lowest BCUT2D eigenvalue weighted by atomic mass is 10.1. The average Bonchev–Trinajstić information content (AvgIpc) is 2.83. The fourth-order valence-corrected chi connectivity index (χ4v) is 1.44. The first-order valence-corrected chi connectivity index (χ1v) is 4.55. The van der Waals surface area contributed by atoms with Crippen molar-refractivity contribution in [1.29, 1.82) is 0 Å². The molecule has 1 heterocycles. The molecule has 1 aromatic heterocycles. The van der Waals surface area contributed by atoms with E-state index in [1.54, 1.807) is 12.5 Å². The van der Waals surface area contributed by atoms with E-state index in [0.29, 0.717) is 6.04 Å². The van der Waals surface area contributed by atoms with E-state index in [2.05, 4.69) is 16.1 Å². The molecule has 1 unspecified atom stereocenters. The van der Waals surface area contributed by atoms with E-state index in [1.807, 2.05) is 6.92 Å². The summed E-state index contributed by atoms with van der Waals surface area (Å²) in [5, 5.41) is 9.78. The van der Waals surface area contributed by atoms with Crippen LogP contribution in [0.1, 0.15) is 37.6 Å². The van der Waals surface area contributed by atoms with Crippen LogP contribution < -0.4 is 0 Å². The van der Waals surface area contributed by atoms with Gasteiger partial charge in [-0.15, -0.1) is 0 Å². The summed E-state index contributed by atoms with van der Waals surface area (Å²) < 4.78 is 2.05. The standard InChI is InChI=1S/C10H14N2O/c1-7(2)10(13)9-5-11-6-12(9)8-3-4-8/h5-6,8,10,13H,1,3-4H2,2H3. The van der Waals surface area contributed by atoms with Gasteiger partial charge in [0.25, 0.3) is 0 Å². The summed E-state index contributed by atoms with van der Waals surface area (Å²) in [5.41, 5.74) is 1.64. The highest BCUT2D eigenvalue weighted by atomic mass is 16.3. The Kier molecular flexibility index (Phi) is 1.96. The third-order valence-corrected chi connectivity index (χ3v) is 2.38. The van der Waals surface area contributed by atoms with Gasteiger partial charge in [0.1, 0.15) is 6.10 Å². The van der Waals surface area contributed by atoms with Crippen LogP contribution in [0.2, 0.25) is 0 Å². The summed E-state index contributed by atoms with van der Waals surface area (Å²) in [7, 11) is 0. The SMILES string of the molecule is C=C(C)C(O)c1cncn1C1CC1. The summed E-state index contributed by atoms with van der Waals surface area (Å²) in [5.74, 6) is 0. The molecule has 3 nitrogen and oxygen atoms in total. The van der Waals surface area contributed by atoms with Crippen molar-refractivity contribution in [2.45, 2.75) is 31.9 Å². The van der Waals surface area contributed by atoms with Crippen LogP contribution in [0.3, 0.4) is 0 Å². The number of nitrogens with zero attached hydrogens (tertiary/aromatic N) is 2. The van der Waals surface area contributed by atoms with Crippen molar-refractivity contribution in [2.24, 2.45) is 0 Å². The first kappa shape index (κ1) is 8.51. The lowest BCUT2D eigenvalue weighted by Crippen LogP contribution is -2.06. The van der Waals surface area contributed by atoms with E-state index >= 15 is 0 Å². The van der Waals surface area contributed by atoms with E-state index in [4.69, 9.17) is 0 Å². The molecular formula is C10H14N2O. The van der Waals surface area contributed by atoms with Gasteiger partial charge < -0.3 is 9.67 Å². The molecule has 3 heteroatoms. The Bertz CT molecular complexity index is 325. The van der Waals surface area contributed by atoms with Crippen LogP contribution in [0, 0.1) is 0 Å². The molecule has 1 fully saturated rings. The lowest BCUT2D eigenvalue weighted by Gasteiger charge is -2.12. The Morgan fingerprint density at radius 3 is 3.00 bits per heavy atom. The lowest BCUT2D eigenvalue weighted by molar-refractivity contribution is 0.206. The summed E-state index contributed by atoms with van der Waals surface area (Å²) in [6.07, 6.45) is 5.35. The molecule has 0 radical (unpaired) electrons. The number of aromatic nitrogens is 2. The minimum atomic E-state index is -0.567. The number of imidazole rings is 1. The van der Waals surface area contributed by atoms with Crippen molar-refractivity contribution in [3.05, 3.63) is 30.4 Å². The second-order valence-corrected chi connectivity index (χ2v) is 3.71. The molecule has 1 aliphatic rings. The van der Waals surface area contributed by atoms with E-state index in [0.717, 1.165) is 11.3 Å². The van der Waals surface area contributed by atoms with Crippen LogP contribution in [0.15, 0.2) is 24.7 Å². The maximum Gasteiger partial charge on any atom is 0.116 e. The van der Waals surface area contributed by atoms with Gasteiger partial charge in [0.2, 0.25) is 0 Å². The molecule has 0 amide bonds. The molecule has 0 aliphatic heterocycles. The summed E-state index contributed by atoms with van der Waals surface area (Å²) >= 11 is 0. The monoisotopic (exact) mass is 178 g/mol. The van der Waals surface area contributed by atoms with Gasteiger partial charge in [-0.3, -0.25) is 0 Å². The molecule has 1 saturated carbocycles. The number of aliphatic hydroxyl groups is 1. The number of rotatable bonds is 3. The average molecular weight is 178 g/mol. The van der Waals surface area contributed by atoms with Gasteiger partial charge in [-0.2, -0.15) is 0 Å². The minimum absolute atomic E-state index is 0.562. The van der Waals surface area contributed by atoms with Gasteiger partial charge in [-0.25, -0.2) is 4.98 Å². The molecule has 1 atom stereocenters. The first-order valence-electron chi connectivity index (χ1n) is 4.55. The topological polar surface area (TPSA) is 38.1 Å². The Labute approximate surface area is 77.7 Å². The van der Waals surface area contributed by atoms with Gasteiger partial charge in [-0.05, 0) is 25.3 Å². The van der Waals surface area contributed by atoms with E-state index in [-0.39, 0.29) is 0 Å². The van der Waals surface area contributed by atoms with E-state index in [9.17, 15) is 5.11 Å². The maximum atomic E-state index is 9.78. The highest BCUT2D eigenvalue weighted by Gasteiger charge is 2.27. The summed E-state index contributed by atoms with van der Waals surface area (Å²) in [6, 6.07) is 0.562. The maximum absolute atomic E-state index is 9.78. The van der Waals surface area contributed by atoms with Crippen LogP contribution in [0.4, 0.5) is 0 Å². The van der Waals surface area contributed by atoms with Gasteiger partial charge in [0.05, 0.1) is 18.2 Å². The molecule has 13 heavy (non-hydrogen) atoms.